The Morgan fingerprint density at radius 1 is 0.826 bits per heavy atom. The molecule has 0 aliphatic rings. The van der Waals surface area contributed by atoms with Gasteiger partial charge in [-0.2, -0.15) is 0 Å². The second-order valence-electron chi connectivity index (χ2n) is 7.30. The molecule has 0 saturated heterocycles. The van der Waals surface area contributed by atoms with E-state index in [0.717, 1.165) is 6.42 Å². The molecule has 0 aliphatic heterocycles. The van der Waals surface area contributed by atoms with E-state index in [4.69, 9.17) is 0 Å². The predicted molar refractivity (Wildman–Crippen MR) is 101 cm³/mol. The van der Waals surface area contributed by atoms with Crippen molar-refractivity contribution in [2.45, 2.75) is 117 Å². The first-order chi connectivity index (χ1) is 11.2. The van der Waals surface area contributed by atoms with Gasteiger partial charge in [0.2, 0.25) is 0 Å². The molecule has 0 fully saturated rings. The van der Waals surface area contributed by atoms with E-state index in [2.05, 4.69) is 49.2 Å². The average Bonchev–Trinajstić information content (AvgIpc) is 2.95. The summed E-state index contributed by atoms with van der Waals surface area (Å²) in [7, 11) is 0. The lowest BCUT2D eigenvalue weighted by molar-refractivity contribution is -0.704. The molecule has 1 rings (SSSR count). The first kappa shape index (κ1) is 20.3. The van der Waals surface area contributed by atoms with Crippen molar-refractivity contribution in [3.63, 3.8) is 0 Å². The van der Waals surface area contributed by atoms with Gasteiger partial charge in [0.1, 0.15) is 12.4 Å². The van der Waals surface area contributed by atoms with Gasteiger partial charge in [-0.1, -0.05) is 71.6 Å². The van der Waals surface area contributed by atoms with E-state index >= 15 is 0 Å². The highest BCUT2D eigenvalue weighted by Crippen LogP contribution is 2.12. The quantitative estimate of drug-likeness (QED) is 0.284. The molecule has 0 radical (unpaired) electrons. The molecule has 0 spiro atoms. The van der Waals surface area contributed by atoms with Gasteiger partial charge in [-0.15, -0.1) is 0 Å². The lowest BCUT2D eigenvalue weighted by atomic mass is 10.1. The standard InChI is InChI=1S/C21H41N2/c1-5-7-8-9-10-11-12-13-14-15-16-17-22-18-19-23(20(3)4)21(22)6-2/h18-20H,5-17H2,1-4H3/q+1. The highest BCUT2D eigenvalue weighted by molar-refractivity contribution is 4.85. The molecular weight excluding hydrogens is 280 g/mol. The second-order valence-corrected chi connectivity index (χ2v) is 7.30. The largest absolute Gasteiger partial charge is 0.256 e. The van der Waals surface area contributed by atoms with E-state index in [1.165, 1.54) is 83.0 Å². The molecule has 0 unspecified atom stereocenters. The summed E-state index contributed by atoms with van der Waals surface area (Å²) in [5.41, 5.74) is 0. The molecule has 0 aliphatic carbocycles. The highest BCUT2D eigenvalue weighted by Gasteiger charge is 2.16. The molecule has 2 nitrogen and oxygen atoms in total. The lowest BCUT2D eigenvalue weighted by Gasteiger charge is -2.06. The fourth-order valence-corrected chi connectivity index (χ4v) is 3.48. The normalized spacial score (nSPS) is 11.5. The van der Waals surface area contributed by atoms with E-state index in [-0.39, 0.29) is 0 Å². The maximum atomic E-state index is 2.47. The lowest BCUT2D eigenvalue weighted by Crippen LogP contribution is -2.37. The summed E-state index contributed by atoms with van der Waals surface area (Å²) in [6.45, 7) is 10.3. The van der Waals surface area contributed by atoms with Gasteiger partial charge in [0.15, 0.2) is 0 Å². The third-order valence-electron chi connectivity index (χ3n) is 4.91. The summed E-state index contributed by atoms with van der Waals surface area (Å²) < 4.78 is 4.88. The Morgan fingerprint density at radius 3 is 1.83 bits per heavy atom. The fourth-order valence-electron chi connectivity index (χ4n) is 3.48. The zero-order valence-electron chi connectivity index (χ0n) is 16.3. The Morgan fingerprint density at radius 2 is 1.35 bits per heavy atom. The van der Waals surface area contributed by atoms with Crippen LogP contribution in [0.3, 0.4) is 0 Å². The molecule has 1 heterocycles. The van der Waals surface area contributed by atoms with E-state index in [9.17, 15) is 0 Å². The van der Waals surface area contributed by atoms with Gasteiger partial charge in [-0.05, 0) is 26.7 Å². The van der Waals surface area contributed by atoms with Crippen molar-refractivity contribution in [1.82, 2.24) is 4.57 Å². The Bertz CT molecular complexity index is 393. The van der Waals surface area contributed by atoms with Gasteiger partial charge in [0, 0.05) is 6.42 Å². The van der Waals surface area contributed by atoms with Crippen LogP contribution in [0.1, 0.15) is 110 Å². The van der Waals surface area contributed by atoms with Crippen molar-refractivity contribution in [2.24, 2.45) is 0 Å². The maximum absolute atomic E-state index is 2.47. The monoisotopic (exact) mass is 321 g/mol. The number of nitrogens with zero attached hydrogens (tertiary/aromatic N) is 2. The maximum Gasteiger partial charge on any atom is 0.256 e. The van der Waals surface area contributed by atoms with Crippen molar-refractivity contribution < 1.29 is 4.57 Å². The van der Waals surface area contributed by atoms with Crippen molar-refractivity contribution in [3.8, 4) is 0 Å². The van der Waals surface area contributed by atoms with Crippen LogP contribution < -0.4 is 4.57 Å². The average molecular weight is 322 g/mol. The van der Waals surface area contributed by atoms with E-state index in [1.807, 2.05) is 0 Å². The van der Waals surface area contributed by atoms with Gasteiger partial charge in [0.05, 0.1) is 12.6 Å². The Balaban J connectivity index is 2.05. The van der Waals surface area contributed by atoms with Crippen LogP contribution in [0.2, 0.25) is 0 Å². The predicted octanol–water partition coefficient (Wildman–Crippen LogP) is 6.23. The van der Waals surface area contributed by atoms with Crippen LogP contribution in [-0.2, 0) is 13.0 Å². The van der Waals surface area contributed by atoms with E-state index in [0.29, 0.717) is 6.04 Å². The van der Waals surface area contributed by atoms with Crippen LogP contribution in [0.5, 0.6) is 0 Å². The van der Waals surface area contributed by atoms with Crippen LogP contribution in [-0.4, -0.2) is 4.57 Å². The fraction of sp³-hybridized carbons (Fsp3) is 0.857. The summed E-state index contributed by atoms with van der Waals surface area (Å²) in [5.74, 6) is 1.48. The van der Waals surface area contributed by atoms with Crippen LogP contribution in [0, 0.1) is 0 Å². The number of aryl methyl sites for hydroxylation is 1. The zero-order chi connectivity index (χ0) is 16.9. The first-order valence-corrected chi connectivity index (χ1v) is 10.3. The molecule has 2 heteroatoms. The number of hydrogen-bond donors (Lipinski definition) is 0. The third kappa shape index (κ3) is 8.04. The van der Waals surface area contributed by atoms with Crippen molar-refractivity contribution >= 4 is 0 Å². The minimum Gasteiger partial charge on any atom is -0.234 e. The van der Waals surface area contributed by atoms with Crippen LogP contribution in [0.25, 0.3) is 0 Å². The Hall–Kier alpha value is -0.790. The Labute approximate surface area is 145 Å². The highest BCUT2D eigenvalue weighted by atomic mass is 15.2. The number of rotatable bonds is 14. The minimum absolute atomic E-state index is 0.573. The Kier molecular flexibility index (Phi) is 11.1. The molecule has 23 heavy (non-hydrogen) atoms. The van der Waals surface area contributed by atoms with Gasteiger partial charge in [-0.3, -0.25) is 0 Å². The SMILES string of the molecule is CCCCCCCCCCCCC[n+]1ccn(C(C)C)c1CC. The summed E-state index contributed by atoms with van der Waals surface area (Å²) in [5, 5.41) is 0. The summed E-state index contributed by atoms with van der Waals surface area (Å²) in [6.07, 6.45) is 21.3. The number of unbranched alkanes of at least 4 members (excludes halogenated alkanes) is 10. The number of hydrogen-bond acceptors (Lipinski definition) is 0. The molecule has 0 atom stereocenters. The third-order valence-corrected chi connectivity index (χ3v) is 4.91. The van der Waals surface area contributed by atoms with Crippen molar-refractivity contribution in [3.05, 3.63) is 18.2 Å². The van der Waals surface area contributed by atoms with Crippen molar-refractivity contribution in [1.29, 1.82) is 0 Å². The number of imidazole rings is 1. The summed E-state index contributed by atoms with van der Waals surface area (Å²) in [4.78, 5) is 0. The van der Waals surface area contributed by atoms with Crippen molar-refractivity contribution in [2.75, 3.05) is 0 Å². The van der Waals surface area contributed by atoms with Crippen LogP contribution in [0.15, 0.2) is 12.4 Å². The molecule has 134 valence electrons. The molecule has 0 amide bonds. The van der Waals surface area contributed by atoms with Gasteiger partial charge >= 0.3 is 0 Å². The molecule has 0 aromatic carbocycles. The van der Waals surface area contributed by atoms with Gasteiger partial charge in [-0.25, -0.2) is 9.13 Å². The minimum atomic E-state index is 0.573. The molecule has 1 aromatic heterocycles. The summed E-state index contributed by atoms with van der Waals surface area (Å²) >= 11 is 0. The van der Waals surface area contributed by atoms with E-state index < -0.39 is 0 Å². The van der Waals surface area contributed by atoms with Crippen LogP contribution >= 0.6 is 0 Å². The number of aromatic nitrogens is 2. The molecular formula is C21H41N2+. The first-order valence-electron chi connectivity index (χ1n) is 10.3. The van der Waals surface area contributed by atoms with Gasteiger partial charge < -0.3 is 0 Å². The zero-order valence-corrected chi connectivity index (χ0v) is 16.3. The molecule has 1 aromatic rings. The van der Waals surface area contributed by atoms with E-state index in [1.54, 1.807) is 0 Å². The van der Waals surface area contributed by atoms with Crippen LogP contribution in [0.4, 0.5) is 0 Å². The van der Waals surface area contributed by atoms with Gasteiger partial charge in [0.25, 0.3) is 5.82 Å². The smallest absolute Gasteiger partial charge is 0.234 e. The molecule has 0 N–H and O–H groups in total. The topological polar surface area (TPSA) is 8.81 Å². The summed E-state index contributed by atoms with van der Waals surface area (Å²) in [6, 6.07) is 0.573. The molecule has 0 saturated carbocycles. The molecule has 0 bridgehead atoms. The second kappa shape index (κ2) is 12.6.